The Bertz CT molecular complexity index is 2370. The number of nitriles is 1. The van der Waals surface area contributed by atoms with Crippen LogP contribution in [0, 0.1) is 22.7 Å². The van der Waals surface area contributed by atoms with Crippen molar-refractivity contribution in [1.29, 1.82) is 5.26 Å². The molecule has 1 aliphatic carbocycles. The first kappa shape index (κ1) is 41.5. The summed E-state index contributed by atoms with van der Waals surface area (Å²) in [6.07, 6.45) is 5.26. The minimum absolute atomic E-state index is 0.135. The van der Waals surface area contributed by atoms with Crippen molar-refractivity contribution in [3.63, 3.8) is 0 Å². The van der Waals surface area contributed by atoms with E-state index >= 15 is 4.79 Å². The molecule has 2 bridgehead atoms. The maximum atomic E-state index is 15.6. The van der Waals surface area contributed by atoms with Crippen LogP contribution >= 0.6 is 0 Å². The molecule has 9 rings (SSSR count). The van der Waals surface area contributed by atoms with E-state index in [4.69, 9.17) is 18.9 Å². The van der Waals surface area contributed by atoms with Gasteiger partial charge in [0.2, 0.25) is 5.60 Å². The number of fused-ring (bicyclic) bond motifs is 6. The molecular formula is C48H59N5O8. The van der Waals surface area contributed by atoms with E-state index in [1.54, 1.807) is 7.11 Å². The fourth-order valence-corrected chi connectivity index (χ4v) is 13.9. The molecule has 3 aromatic rings. The lowest BCUT2D eigenvalue weighted by Gasteiger charge is -2.65. The lowest BCUT2D eigenvalue weighted by Crippen LogP contribution is -2.82. The molecule has 4 unspecified atom stereocenters. The van der Waals surface area contributed by atoms with Crippen molar-refractivity contribution < 1.29 is 38.4 Å². The zero-order valence-corrected chi connectivity index (χ0v) is 36.5. The SMILES string of the molecule is CCOC(=O)C1(c2cc3c(cc2OC)N(C)C2C34CCN3CCC[C@](CC)([C@H]34)[C@@H](OC(C)=O)[C@]2(O)C(=O)OC)C[C@@H]2C=C(CC)[C@@H](C#N)N(CCc3c1[nH]c1ccccc31)C2. The Morgan fingerprint density at radius 1 is 1.00 bits per heavy atom. The number of hydrogen-bond donors (Lipinski definition) is 2. The van der Waals surface area contributed by atoms with Gasteiger partial charge in [0.15, 0.2) is 6.10 Å². The average Bonchev–Trinajstić information content (AvgIpc) is 3.93. The van der Waals surface area contributed by atoms with Crippen molar-refractivity contribution in [2.24, 2.45) is 11.3 Å². The summed E-state index contributed by atoms with van der Waals surface area (Å²) in [4.78, 5) is 53.6. The third-order valence-electron chi connectivity index (χ3n) is 15.9. The van der Waals surface area contributed by atoms with Gasteiger partial charge < -0.3 is 33.9 Å². The van der Waals surface area contributed by atoms with E-state index in [0.717, 1.165) is 51.9 Å². The van der Waals surface area contributed by atoms with Gasteiger partial charge >= 0.3 is 17.9 Å². The number of rotatable bonds is 8. The number of aromatic amines is 1. The third kappa shape index (κ3) is 5.43. The van der Waals surface area contributed by atoms with E-state index in [1.165, 1.54) is 14.0 Å². The Morgan fingerprint density at radius 3 is 2.48 bits per heavy atom. The van der Waals surface area contributed by atoms with Crippen LogP contribution in [0.2, 0.25) is 0 Å². The van der Waals surface area contributed by atoms with Crippen LogP contribution in [0.1, 0.15) is 88.6 Å². The van der Waals surface area contributed by atoms with Crippen LogP contribution in [0.15, 0.2) is 48.0 Å². The normalized spacial score (nSPS) is 34.9. The van der Waals surface area contributed by atoms with E-state index in [-0.39, 0.29) is 24.6 Å². The number of esters is 3. The van der Waals surface area contributed by atoms with Gasteiger partial charge in [0.1, 0.15) is 17.2 Å². The molecule has 13 heteroatoms. The molecule has 0 amide bonds. The highest BCUT2D eigenvalue weighted by Crippen LogP contribution is 2.69. The predicted octanol–water partition coefficient (Wildman–Crippen LogP) is 5.30. The van der Waals surface area contributed by atoms with Crippen molar-refractivity contribution in [3.8, 4) is 11.8 Å². The van der Waals surface area contributed by atoms with Gasteiger partial charge in [-0.1, -0.05) is 38.1 Å². The number of aromatic nitrogens is 1. The fourth-order valence-electron chi connectivity index (χ4n) is 13.9. The topological polar surface area (TPSA) is 158 Å². The van der Waals surface area contributed by atoms with Gasteiger partial charge in [0, 0.05) is 77.8 Å². The van der Waals surface area contributed by atoms with Gasteiger partial charge in [-0.05, 0) is 99.7 Å². The van der Waals surface area contributed by atoms with E-state index in [2.05, 4.69) is 52.9 Å². The number of methoxy groups -OCH3 is 2. The Hall–Kier alpha value is -4.90. The Morgan fingerprint density at radius 2 is 1.79 bits per heavy atom. The maximum Gasteiger partial charge on any atom is 0.344 e. The molecule has 61 heavy (non-hydrogen) atoms. The summed E-state index contributed by atoms with van der Waals surface area (Å²) in [5, 5.41) is 24.9. The number of piperidine rings is 1. The van der Waals surface area contributed by atoms with Crippen LogP contribution in [-0.2, 0) is 45.8 Å². The van der Waals surface area contributed by atoms with Crippen LogP contribution < -0.4 is 9.64 Å². The minimum atomic E-state index is -2.26. The van der Waals surface area contributed by atoms with Crippen LogP contribution in [0.4, 0.5) is 5.69 Å². The molecule has 1 spiro atoms. The second kappa shape index (κ2) is 14.9. The number of carbonyl (C=O) groups excluding carboxylic acids is 3. The molecule has 0 radical (unpaired) electrons. The number of hydrogen-bond acceptors (Lipinski definition) is 12. The highest BCUT2D eigenvalue weighted by atomic mass is 16.6. The van der Waals surface area contributed by atoms with Crippen LogP contribution in [-0.4, -0.2) is 122 Å². The summed E-state index contributed by atoms with van der Waals surface area (Å²) in [6, 6.07) is 13.3. The van der Waals surface area contributed by atoms with Crippen molar-refractivity contribution in [2.75, 3.05) is 59.0 Å². The van der Waals surface area contributed by atoms with Gasteiger partial charge in [-0.25, -0.2) is 4.79 Å². The van der Waals surface area contributed by atoms with Crippen LogP contribution in [0.3, 0.4) is 0 Å². The lowest BCUT2D eigenvalue weighted by atomic mass is 9.46. The van der Waals surface area contributed by atoms with Crippen molar-refractivity contribution in [3.05, 3.63) is 70.4 Å². The first-order valence-corrected chi connectivity index (χ1v) is 22.1. The van der Waals surface area contributed by atoms with Crippen molar-refractivity contribution in [1.82, 2.24) is 14.8 Å². The number of ether oxygens (including phenoxy) is 4. The largest absolute Gasteiger partial charge is 0.496 e. The zero-order valence-electron chi connectivity index (χ0n) is 36.5. The summed E-state index contributed by atoms with van der Waals surface area (Å²) in [7, 11) is 4.77. The fraction of sp³-hybridized carbons (Fsp3) is 0.583. The molecule has 324 valence electrons. The lowest BCUT2D eigenvalue weighted by molar-refractivity contribution is -0.242. The second-order valence-electron chi connectivity index (χ2n) is 18.3. The number of nitrogens with zero attached hydrogens (tertiary/aromatic N) is 4. The van der Waals surface area contributed by atoms with Gasteiger partial charge in [-0.2, -0.15) is 5.26 Å². The summed E-state index contributed by atoms with van der Waals surface area (Å²) in [5.74, 6) is -1.48. The molecule has 1 saturated carbocycles. The quantitative estimate of drug-likeness (QED) is 0.172. The summed E-state index contributed by atoms with van der Waals surface area (Å²) < 4.78 is 24.4. The molecule has 10 atom stereocenters. The summed E-state index contributed by atoms with van der Waals surface area (Å²) in [6.45, 7) is 10.2. The van der Waals surface area contributed by atoms with Gasteiger partial charge in [0.25, 0.3) is 0 Å². The van der Waals surface area contributed by atoms with Crippen molar-refractivity contribution in [2.45, 2.75) is 113 Å². The number of aliphatic hydroxyl groups is 1. The summed E-state index contributed by atoms with van der Waals surface area (Å²) >= 11 is 0. The van der Waals surface area contributed by atoms with E-state index in [1.807, 2.05) is 43.1 Å². The first-order chi connectivity index (χ1) is 29.4. The van der Waals surface area contributed by atoms with Gasteiger partial charge in [-0.15, -0.1) is 0 Å². The Labute approximate surface area is 357 Å². The number of carbonyl (C=O) groups is 3. The number of para-hydroxylation sites is 1. The van der Waals surface area contributed by atoms with E-state index in [0.29, 0.717) is 69.5 Å². The predicted molar refractivity (Wildman–Crippen MR) is 228 cm³/mol. The standard InChI is InChI=1S/C48H59N5O8/c1-8-30-22-29-25-47(43(55)60-10-3,39-32(16-20-53(27-29)37(30)26-49)31-14-11-12-15-35(31)50-39)34-23-33-36(24-38(34)58-6)51(5)41-46(33)18-21-52-19-13-17-45(9-2,40(46)52)42(61-28(4)54)48(41,57)44(56)59-7/h11-12,14-15,22-24,29,37,40-42,50,57H,8-10,13,16-21,25,27H2,1-7H3/t29-,37+,40-,41?,42+,45+,46?,47?,48-/m0/s1. The molecule has 1 aromatic heterocycles. The molecular weight excluding hydrogens is 775 g/mol. The second-order valence-corrected chi connectivity index (χ2v) is 18.3. The monoisotopic (exact) mass is 833 g/mol. The Balaban J connectivity index is 1.37. The summed E-state index contributed by atoms with van der Waals surface area (Å²) in [5.41, 5.74) is 0.646. The molecule has 2 saturated heterocycles. The molecule has 5 aliphatic heterocycles. The van der Waals surface area contributed by atoms with Gasteiger partial charge in [-0.3, -0.25) is 19.4 Å². The first-order valence-electron chi connectivity index (χ1n) is 22.1. The maximum absolute atomic E-state index is 15.6. The van der Waals surface area contributed by atoms with E-state index in [9.17, 15) is 20.0 Å². The molecule has 3 fully saturated rings. The highest BCUT2D eigenvalue weighted by molar-refractivity contribution is 5.95. The average molecular weight is 834 g/mol. The highest BCUT2D eigenvalue weighted by Gasteiger charge is 2.81. The van der Waals surface area contributed by atoms with Crippen molar-refractivity contribution >= 4 is 34.5 Å². The number of H-pyrrole nitrogens is 1. The molecule has 13 nitrogen and oxygen atoms in total. The number of likely N-dealkylation sites (N-methyl/N-ethyl adjacent to an activating group) is 1. The van der Waals surface area contributed by atoms with Gasteiger partial charge in [0.05, 0.1) is 32.9 Å². The molecule has 6 heterocycles. The smallest absolute Gasteiger partial charge is 0.344 e. The number of benzene rings is 2. The number of anilines is 1. The van der Waals surface area contributed by atoms with Crippen LogP contribution in [0.25, 0.3) is 10.9 Å². The number of nitrogens with one attached hydrogen (secondary N) is 1. The van der Waals surface area contributed by atoms with Crippen LogP contribution in [0.5, 0.6) is 5.75 Å². The zero-order chi connectivity index (χ0) is 43.2. The Kier molecular flexibility index (Phi) is 10.1. The third-order valence-corrected chi connectivity index (χ3v) is 15.9. The molecule has 6 aliphatic rings. The molecule has 2 aromatic carbocycles. The molecule has 2 N–H and O–H groups in total. The minimum Gasteiger partial charge on any atom is -0.496 e. The van der Waals surface area contributed by atoms with E-state index < -0.39 is 51.9 Å².